The molecule has 136 valence electrons. The second-order valence-corrected chi connectivity index (χ2v) is 7.85. The van der Waals surface area contributed by atoms with Gasteiger partial charge in [-0.3, -0.25) is 9.59 Å². The first-order chi connectivity index (χ1) is 12.4. The summed E-state index contributed by atoms with van der Waals surface area (Å²) in [6.45, 7) is 5.88. The Labute approximate surface area is 157 Å². The zero-order chi connectivity index (χ0) is 18.7. The van der Waals surface area contributed by atoms with Crippen molar-refractivity contribution < 1.29 is 9.59 Å². The standard InChI is InChI=1S/C20H23N3O2S/c1-12-19(26-14(3)21-12)13(2)22-18(24)11-6-15-4-7-16(8-5-15)20(25)23-17-9-10-17/h4-8,11,13,17H,9-10H2,1-3H3,(H,22,24)(H,23,25)/b11-6-/t13-/m0/s1. The van der Waals surface area contributed by atoms with E-state index in [0.717, 1.165) is 34.0 Å². The number of benzene rings is 1. The zero-order valence-electron chi connectivity index (χ0n) is 15.2. The van der Waals surface area contributed by atoms with Gasteiger partial charge in [0.05, 0.1) is 16.7 Å². The summed E-state index contributed by atoms with van der Waals surface area (Å²) in [5.74, 6) is -0.191. The van der Waals surface area contributed by atoms with Gasteiger partial charge >= 0.3 is 0 Å². The van der Waals surface area contributed by atoms with E-state index in [2.05, 4.69) is 15.6 Å². The van der Waals surface area contributed by atoms with E-state index < -0.39 is 0 Å². The summed E-state index contributed by atoms with van der Waals surface area (Å²) >= 11 is 1.60. The van der Waals surface area contributed by atoms with Crippen molar-refractivity contribution in [2.75, 3.05) is 0 Å². The minimum atomic E-state index is -0.154. The van der Waals surface area contributed by atoms with E-state index in [0.29, 0.717) is 11.6 Å². The SMILES string of the molecule is Cc1nc(C)c([C@H](C)NC(=O)/C=C\c2ccc(C(=O)NC3CC3)cc2)s1. The lowest BCUT2D eigenvalue weighted by atomic mass is 10.1. The van der Waals surface area contributed by atoms with Gasteiger partial charge in [0.1, 0.15) is 0 Å². The molecule has 0 radical (unpaired) electrons. The maximum atomic E-state index is 12.1. The van der Waals surface area contributed by atoms with Crippen LogP contribution in [0.3, 0.4) is 0 Å². The number of thiazole rings is 1. The number of carbonyl (C=O) groups is 2. The van der Waals surface area contributed by atoms with E-state index >= 15 is 0 Å². The van der Waals surface area contributed by atoms with Crippen molar-refractivity contribution in [3.05, 3.63) is 57.0 Å². The summed E-state index contributed by atoms with van der Waals surface area (Å²) in [7, 11) is 0. The average Bonchev–Trinajstić information content (AvgIpc) is 3.35. The molecule has 0 spiro atoms. The van der Waals surface area contributed by atoms with E-state index in [1.807, 2.05) is 32.9 Å². The maximum absolute atomic E-state index is 12.1. The highest BCUT2D eigenvalue weighted by Gasteiger charge is 2.23. The van der Waals surface area contributed by atoms with Crippen LogP contribution >= 0.6 is 11.3 Å². The van der Waals surface area contributed by atoms with Gasteiger partial charge in [0.15, 0.2) is 0 Å². The first-order valence-electron chi connectivity index (χ1n) is 8.76. The number of nitrogens with one attached hydrogen (secondary N) is 2. The normalized spacial score (nSPS) is 15.0. The molecule has 1 atom stereocenters. The molecule has 0 bridgehead atoms. The molecule has 0 aliphatic heterocycles. The van der Waals surface area contributed by atoms with E-state index in [-0.39, 0.29) is 17.9 Å². The summed E-state index contributed by atoms with van der Waals surface area (Å²) in [4.78, 5) is 29.6. The number of aryl methyl sites for hydroxylation is 2. The highest BCUT2D eigenvalue weighted by molar-refractivity contribution is 7.11. The smallest absolute Gasteiger partial charge is 0.251 e. The number of nitrogens with zero attached hydrogens (tertiary/aromatic N) is 1. The van der Waals surface area contributed by atoms with Gasteiger partial charge in [0, 0.05) is 22.6 Å². The topological polar surface area (TPSA) is 71.1 Å². The molecule has 2 amide bonds. The molecule has 2 aromatic rings. The molecule has 1 heterocycles. The third-order valence-electron chi connectivity index (χ3n) is 4.20. The Bertz CT molecular complexity index is 835. The maximum Gasteiger partial charge on any atom is 0.251 e. The van der Waals surface area contributed by atoms with Crippen molar-refractivity contribution in [1.82, 2.24) is 15.6 Å². The first kappa shape index (κ1) is 18.3. The van der Waals surface area contributed by atoms with Gasteiger partial charge in [-0.2, -0.15) is 0 Å². The van der Waals surface area contributed by atoms with Gasteiger partial charge in [-0.1, -0.05) is 12.1 Å². The molecule has 1 aliphatic rings. The van der Waals surface area contributed by atoms with Crippen molar-refractivity contribution in [3.63, 3.8) is 0 Å². The van der Waals surface area contributed by atoms with Gasteiger partial charge in [0.2, 0.25) is 5.91 Å². The van der Waals surface area contributed by atoms with Gasteiger partial charge in [-0.05, 0) is 57.4 Å². The van der Waals surface area contributed by atoms with Crippen LogP contribution in [0.25, 0.3) is 6.08 Å². The zero-order valence-corrected chi connectivity index (χ0v) is 16.0. The predicted octanol–water partition coefficient (Wildman–Crippen LogP) is 3.54. The molecular formula is C20H23N3O2S. The van der Waals surface area contributed by atoms with Gasteiger partial charge < -0.3 is 10.6 Å². The molecule has 6 heteroatoms. The van der Waals surface area contributed by atoms with Crippen LogP contribution in [0.5, 0.6) is 0 Å². The Balaban J connectivity index is 1.55. The fourth-order valence-corrected chi connectivity index (χ4v) is 3.62. The Morgan fingerprint density at radius 1 is 1.23 bits per heavy atom. The Morgan fingerprint density at radius 3 is 2.50 bits per heavy atom. The molecule has 2 N–H and O–H groups in total. The second-order valence-electron chi connectivity index (χ2n) is 6.62. The van der Waals surface area contributed by atoms with Gasteiger partial charge in [-0.15, -0.1) is 11.3 Å². The highest BCUT2D eigenvalue weighted by Crippen LogP contribution is 2.24. The fraction of sp³-hybridized carbons (Fsp3) is 0.350. The molecular weight excluding hydrogens is 346 g/mol. The fourth-order valence-electron chi connectivity index (χ4n) is 2.69. The van der Waals surface area contributed by atoms with Crippen LogP contribution in [0.15, 0.2) is 30.3 Å². The highest BCUT2D eigenvalue weighted by atomic mass is 32.1. The largest absolute Gasteiger partial charge is 0.349 e. The van der Waals surface area contributed by atoms with E-state index in [1.165, 1.54) is 6.08 Å². The van der Waals surface area contributed by atoms with Crippen molar-refractivity contribution in [3.8, 4) is 0 Å². The number of hydrogen-bond donors (Lipinski definition) is 2. The molecule has 1 aromatic carbocycles. The number of amides is 2. The lowest BCUT2D eigenvalue weighted by Crippen LogP contribution is -2.25. The number of aromatic nitrogens is 1. The second kappa shape index (κ2) is 7.83. The minimum absolute atomic E-state index is 0.0372. The van der Waals surface area contributed by atoms with Crippen LogP contribution in [0, 0.1) is 13.8 Å². The Hall–Kier alpha value is -2.47. The molecule has 26 heavy (non-hydrogen) atoms. The third-order valence-corrected chi connectivity index (χ3v) is 5.46. The molecule has 1 aromatic heterocycles. The average molecular weight is 369 g/mol. The monoisotopic (exact) mass is 369 g/mol. The van der Waals surface area contributed by atoms with Gasteiger partial charge in [0.25, 0.3) is 5.91 Å². The lowest BCUT2D eigenvalue weighted by Gasteiger charge is -2.11. The van der Waals surface area contributed by atoms with Crippen LogP contribution in [-0.2, 0) is 4.79 Å². The molecule has 0 unspecified atom stereocenters. The molecule has 5 nitrogen and oxygen atoms in total. The van der Waals surface area contributed by atoms with Crippen LogP contribution in [-0.4, -0.2) is 22.8 Å². The van der Waals surface area contributed by atoms with Crippen molar-refractivity contribution in [1.29, 1.82) is 0 Å². The van der Waals surface area contributed by atoms with Crippen molar-refractivity contribution in [2.24, 2.45) is 0 Å². The third kappa shape index (κ3) is 4.79. The number of hydrogen-bond acceptors (Lipinski definition) is 4. The van der Waals surface area contributed by atoms with Crippen LogP contribution in [0.4, 0.5) is 0 Å². The summed E-state index contributed by atoms with van der Waals surface area (Å²) < 4.78 is 0. The first-order valence-corrected chi connectivity index (χ1v) is 9.57. The molecule has 1 fully saturated rings. The van der Waals surface area contributed by atoms with Crippen LogP contribution in [0.2, 0.25) is 0 Å². The molecule has 1 aliphatic carbocycles. The number of rotatable bonds is 6. The summed E-state index contributed by atoms with van der Waals surface area (Å²) in [5.41, 5.74) is 2.48. The van der Waals surface area contributed by atoms with Gasteiger partial charge in [-0.25, -0.2) is 4.98 Å². The molecule has 1 saturated carbocycles. The lowest BCUT2D eigenvalue weighted by molar-refractivity contribution is -0.117. The summed E-state index contributed by atoms with van der Waals surface area (Å²) in [5, 5.41) is 6.92. The van der Waals surface area contributed by atoms with Crippen LogP contribution < -0.4 is 10.6 Å². The Kier molecular flexibility index (Phi) is 5.52. The summed E-state index contributed by atoms with van der Waals surface area (Å²) in [6, 6.07) is 7.51. The van der Waals surface area contributed by atoms with Crippen molar-refractivity contribution >= 4 is 29.2 Å². The quantitative estimate of drug-likeness (QED) is 0.765. The summed E-state index contributed by atoms with van der Waals surface area (Å²) in [6.07, 6.45) is 5.40. The Morgan fingerprint density at radius 2 is 1.92 bits per heavy atom. The molecule has 0 saturated heterocycles. The van der Waals surface area contributed by atoms with E-state index in [4.69, 9.17) is 0 Å². The number of carbonyl (C=O) groups excluding carboxylic acids is 2. The van der Waals surface area contributed by atoms with E-state index in [9.17, 15) is 9.59 Å². The molecule has 3 rings (SSSR count). The van der Waals surface area contributed by atoms with E-state index in [1.54, 1.807) is 29.5 Å². The van der Waals surface area contributed by atoms with Crippen LogP contribution in [0.1, 0.15) is 57.3 Å². The predicted molar refractivity (Wildman–Crippen MR) is 104 cm³/mol. The minimum Gasteiger partial charge on any atom is -0.349 e. The van der Waals surface area contributed by atoms with Crippen molar-refractivity contribution in [2.45, 2.75) is 45.7 Å².